The van der Waals surface area contributed by atoms with Crippen molar-refractivity contribution in [1.29, 1.82) is 0 Å². The molecule has 1 aliphatic carbocycles. The van der Waals surface area contributed by atoms with Crippen LogP contribution in [0.5, 0.6) is 0 Å². The van der Waals surface area contributed by atoms with Gasteiger partial charge in [0.25, 0.3) is 0 Å². The van der Waals surface area contributed by atoms with E-state index in [0.29, 0.717) is 18.4 Å². The lowest BCUT2D eigenvalue weighted by Crippen LogP contribution is -2.47. The van der Waals surface area contributed by atoms with Crippen molar-refractivity contribution in [2.75, 3.05) is 0 Å². The molecule has 0 radical (unpaired) electrons. The van der Waals surface area contributed by atoms with Crippen molar-refractivity contribution in [3.05, 3.63) is 47.5 Å². The fourth-order valence-electron chi connectivity index (χ4n) is 3.31. The number of aliphatic carboxylic acids is 2. The Labute approximate surface area is 124 Å². The molecule has 21 heavy (non-hydrogen) atoms. The zero-order chi connectivity index (χ0) is 15.7. The molecule has 4 nitrogen and oxygen atoms in total. The van der Waals surface area contributed by atoms with Gasteiger partial charge in [-0.3, -0.25) is 9.59 Å². The molecular formula is C17H20O4. The molecule has 0 aromatic heterocycles. The van der Waals surface area contributed by atoms with Crippen molar-refractivity contribution in [3.8, 4) is 0 Å². The maximum absolute atomic E-state index is 12.0. The smallest absolute Gasteiger partial charge is 0.314 e. The lowest BCUT2D eigenvalue weighted by Gasteiger charge is -2.42. The molecule has 1 aromatic carbocycles. The van der Waals surface area contributed by atoms with Crippen molar-refractivity contribution < 1.29 is 19.8 Å². The van der Waals surface area contributed by atoms with Gasteiger partial charge in [-0.2, -0.15) is 0 Å². The molecular weight excluding hydrogens is 268 g/mol. The maximum Gasteiger partial charge on any atom is 0.314 e. The summed E-state index contributed by atoms with van der Waals surface area (Å²) in [5, 5.41) is 19.5. The van der Waals surface area contributed by atoms with Gasteiger partial charge < -0.3 is 10.2 Å². The van der Waals surface area contributed by atoms with Crippen LogP contribution in [0.2, 0.25) is 0 Å². The van der Waals surface area contributed by atoms with Crippen LogP contribution < -0.4 is 0 Å². The minimum Gasteiger partial charge on any atom is -0.481 e. The molecule has 2 atom stereocenters. The molecule has 0 fully saturated rings. The Morgan fingerprint density at radius 3 is 2.24 bits per heavy atom. The van der Waals surface area contributed by atoms with Crippen LogP contribution in [0, 0.1) is 5.41 Å². The number of hydrogen-bond acceptors (Lipinski definition) is 2. The van der Waals surface area contributed by atoms with Gasteiger partial charge in [0.1, 0.15) is 0 Å². The number of carboxylic acid groups (broad SMARTS) is 2. The van der Waals surface area contributed by atoms with Crippen LogP contribution in [-0.4, -0.2) is 22.2 Å². The first kappa shape index (κ1) is 15.3. The fraction of sp³-hybridized carbons (Fsp3) is 0.412. The van der Waals surface area contributed by atoms with E-state index in [-0.39, 0.29) is 6.42 Å². The second-order valence-electron chi connectivity index (χ2n) is 5.76. The van der Waals surface area contributed by atoms with Crippen LogP contribution in [-0.2, 0) is 15.0 Å². The van der Waals surface area contributed by atoms with Gasteiger partial charge in [-0.1, -0.05) is 48.9 Å². The molecule has 0 saturated heterocycles. The monoisotopic (exact) mass is 288 g/mol. The first-order valence-electron chi connectivity index (χ1n) is 7.08. The SMILES string of the molecule is CCC1(C(=O)O)CC(C(=O)O)(c2ccccc2)CC=C1C. The van der Waals surface area contributed by atoms with E-state index in [1.54, 1.807) is 44.2 Å². The number of carboxylic acids is 2. The van der Waals surface area contributed by atoms with Crippen molar-refractivity contribution in [2.45, 2.75) is 38.5 Å². The molecule has 0 amide bonds. The number of allylic oxidation sites excluding steroid dienone is 1. The van der Waals surface area contributed by atoms with Crippen molar-refractivity contribution in [3.63, 3.8) is 0 Å². The first-order valence-corrected chi connectivity index (χ1v) is 7.08. The van der Waals surface area contributed by atoms with Gasteiger partial charge in [0.05, 0.1) is 10.8 Å². The fourth-order valence-corrected chi connectivity index (χ4v) is 3.31. The summed E-state index contributed by atoms with van der Waals surface area (Å²) in [6.45, 7) is 3.59. The van der Waals surface area contributed by atoms with E-state index in [2.05, 4.69) is 0 Å². The van der Waals surface area contributed by atoms with E-state index >= 15 is 0 Å². The van der Waals surface area contributed by atoms with Gasteiger partial charge in [0.2, 0.25) is 0 Å². The normalized spacial score (nSPS) is 28.8. The summed E-state index contributed by atoms with van der Waals surface area (Å²) in [4.78, 5) is 23.8. The third-order valence-electron chi connectivity index (χ3n) is 4.86. The number of benzene rings is 1. The summed E-state index contributed by atoms with van der Waals surface area (Å²) >= 11 is 0. The number of rotatable bonds is 4. The summed E-state index contributed by atoms with van der Waals surface area (Å²) in [6.07, 6.45) is 2.58. The van der Waals surface area contributed by atoms with E-state index in [4.69, 9.17) is 0 Å². The lowest BCUT2D eigenvalue weighted by molar-refractivity contribution is -0.152. The predicted octanol–water partition coefficient (Wildman–Crippen LogP) is 3.23. The van der Waals surface area contributed by atoms with E-state index in [1.807, 2.05) is 6.07 Å². The molecule has 2 unspecified atom stereocenters. The highest BCUT2D eigenvalue weighted by molar-refractivity contribution is 5.86. The molecule has 1 aliphatic rings. The third-order valence-corrected chi connectivity index (χ3v) is 4.86. The Morgan fingerprint density at radius 1 is 1.14 bits per heavy atom. The van der Waals surface area contributed by atoms with E-state index in [0.717, 1.165) is 5.57 Å². The minimum atomic E-state index is -1.17. The molecule has 112 valence electrons. The average Bonchev–Trinajstić information content (AvgIpc) is 2.48. The van der Waals surface area contributed by atoms with Crippen LogP contribution in [0.4, 0.5) is 0 Å². The first-order chi connectivity index (χ1) is 9.89. The number of carbonyl (C=O) groups is 2. The highest BCUT2D eigenvalue weighted by Crippen LogP contribution is 2.50. The predicted molar refractivity (Wildman–Crippen MR) is 79.1 cm³/mol. The summed E-state index contributed by atoms with van der Waals surface area (Å²) in [5.41, 5.74) is -0.854. The second kappa shape index (κ2) is 5.35. The molecule has 0 bridgehead atoms. The Balaban J connectivity index is 2.61. The van der Waals surface area contributed by atoms with E-state index in [9.17, 15) is 19.8 Å². The number of hydrogen-bond donors (Lipinski definition) is 2. The Morgan fingerprint density at radius 2 is 1.76 bits per heavy atom. The van der Waals surface area contributed by atoms with Crippen molar-refractivity contribution in [1.82, 2.24) is 0 Å². The van der Waals surface area contributed by atoms with Crippen LogP contribution in [0.1, 0.15) is 38.7 Å². The Hall–Kier alpha value is -2.10. The average molecular weight is 288 g/mol. The van der Waals surface area contributed by atoms with Gasteiger partial charge in [-0.15, -0.1) is 0 Å². The quantitative estimate of drug-likeness (QED) is 0.834. The largest absolute Gasteiger partial charge is 0.481 e. The molecule has 2 rings (SSSR count). The van der Waals surface area contributed by atoms with Crippen LogP contribution in [0.3, 0.4) is 0 Å². The van der Waals surface area contributed by atoms with Crippen LogP contribution >= 0.6 is 0 Å². The molecule has 0 heterocycles. The summed E-state index contributed by atoms with van der Waals surface area (Å²) < 4.78 is 0. The standard InChI is InChI=1S/C17H20O4/c1-3-16(14(18)19)11-17(15(20)21,10-9-12(16)2)13-7-5-4-6-8-13/h4-9H,3,10-11H2,1-2H3,(H,18,19)(H,20,21). The van der Waals surface area contributed by atoms with Gasteiger partial charge in [-0.05, 0) is 31.7 Å². The van der Waals surface area contributed by atoms with E-state index in [1.165, 1.54) is 0 Å². The second-order valence-corrected chi connectivity index (χ2v) is 5.76. The molecule has 1 aromatic rings. The Bertz CT molecular complexity index is 590. The topological polar surface area (TPSA) is 74.6 Å². The van der Waals surface area contributed by atoms with Gasteiger partial charge in [0, 0.05) is 0 Å². The zero-order valence-corrected chi connectivity index (χ0v) is 12.3. The maximum atomic E-state index is 12.0. The lowest BCUT2D eigenvalue weighted by atomic mass is 9.59. The van der Waals surface area contributed by atoms with Crippen molar-refractivity contribution >= 4 is 11.9 Å². The third kappa shape index (κ3) is 2.24. The van der Waals surface area contributed by atoms with Gasteiger partial charge in [-0.25, -0.2) is 0 Å². The summed E-state index contributed by atoms with van der Waals surface area (Å²) in [5.74, 6) is -1.91. The molecule has 0 spiro atoms. The van der Waals surface area contributed by atoms with Gasteiger partial charge >= 0.3 is 11.9 Å². The van der Waals surface area contributed by atoms with Crippen LogP contribution in [0.25, 0.3) is 0 Å². The highest BCUT2D eigenvalue weighted by atomic mass is 16.4. The summed E-state index contributed by atoms with van der Waals surface area (Å²) in [6, 6.07) is 8.95. The van der Waals surface area contributed by atoms with Crippen LogP contribution in [0.15, 0.2) is 42.0 Å². The highest BCUT2D eigenvalue weighted by Gasteiger charge is 2.53. The van der Waals surface area contributed by atoms with E-state index < -0.39 is 22.8 Å². The summed E-state index contributed by atoms with van der Waals surface area (Å²) in [7, 11) is 0. The van der Waals surface area contributed by atoms with Gasteiger partial charge in [0.15, 0.2) is 0 Å². The molecule has 4 heteroatoms. The minimum absolute atomic E-state index is 0.0908. The van der Waals surface area contributed by atoms with Crippen molar-refractivity contribution in [2.24, 2.45) is 5.41 Å². The zero-order valence-electron chi connectivity index (χ0n) is 12.3. The molecule has 0 aliphatic heterocycles. The Kier molecular flexibility index (Phi) is 3.90. The molecule has 2 N–H and O–H groups in total. The molecule has 0 saturated carbocycles.